The van der Waals surface area contributed by atoms with E-state index >= 15 is 0 Å². The fraction of sp³-hybridized carbons (Fsp3) is 0.370. The topological polar surface area (TPSA) is 90.0 Å². The maximum Gasteiger partial charge on any atom is 0.339 e. The first-order valence-corrected chi connectivity index (χ1v) is 12.1. The maximum atomic E-state index is 13.5. The van der Waals surface area contributed by atoms with Gasteiger partial charge in [0.15, 0.2) is 17.6 Å². The third-order valence-electron chi connectivity index (χ3n) is 6.33. The van der Waals surface area contributed by atoms with Crippen LogP contribution in [0.2, 0.25) is 0 Å². The smallest absolute Gasteiger partial charge is 0.339 e. The molecule has 0 aliphatic carbocycles. The van der Waals surface area contributed by atoms with Crippen molar-refractivity contribution in [3.8, 4) is 11.5 Å². The number of aromatic nitrogens is 1. The van der Waals surface area contributed by atoms with E-state index in [4.69, 9.17) is 19.2 Å². The number of nitrogens with zero attached hydrogens (tertiary/aromatic N) is 2. The van der Waals surface area contributed by atoms with Crippen LogP contribution in [0.1, 0.15) is 41.9 Å². The average molecular weight is 476 g/mol. The van der Waals surface area contributed by atoms with Crippen LogP contribution < -0.4 is 14.8 Å². The molecule has 8 heteroatoms. The van der Waals surface area contributed by atoms with Crippen molar-refractivity contribution < 1.29 is 23.8 Å². The fourth-order valence-corrected chi connectivity index (χ4v) is 4.62. The molecule has 2 aromatic carbocycles. The molecule has 3 heterocycles. The van der Waals surface area contributed by atoms with Crippen LogP contribution in [0.3, 0.4) is 0 Å². The Kier molecular flexibility index (Phi) is 6.55. The van der Waals surface area contributed by atoms with E-state index in [2.05, 4.69) is 17.1 Å². The van der Waals surface area contributed by atoms with Gasteiger partial charge in [-0.3, -0.25) is 14.7 Å². The van der Waals surface area contributed by atoms with Crippen LogP contribution in [-0.4, -0.2) is 54.2 Å². The van der Waals surface area contributed by atoms with E-state index in [0.717, 1.165) is 48.1 Å². The summed E-state index contributed by atoms with van der Waals surface area (Å²) in [5.41, 5.74) is 3.63. The minimum Gasteiger partial charge on any atom is -0.486 e. The number of anilines is 1. The number of hydrogen-bond donors (Lipinski definition) is 1. The van der Waals surface area contributed by atoms with E-state index in [-0.39, 0.29) is 0 Å². The van der Waals surface area contributed by atoms with Gasteiger partial charge in [-0.2, -0.15) is 0 Å². The van der Waals surface area contributed by atoms with E-state index in [9.17, 15) is 9.59 Å². The predicted octanol–water partition coefficient (Wildman–Crippen LogP) is 3.96. The highest BCUT2D eigenvalue weighted by Gasteiger charge is 2.28. The van der Waals surface area contributed by atoms with E-state index in [1.54, 1.807) is 25.1 Å². The number of carbonyl (C=O) groups excluding carboxylic acids is 2. The Labute approximate surface area is 204 Å². The number of pyridine rings is 1. The number of hydrogen-bond acceptors (Lipinski definition) is 7. The van der Waals surface area contributed by atoms with Crippen molar-refractivity contribution in [2.45, 2.75) is 39.3 Å². The summed E-state index contributed by atoms with van der Waals surface area (Å²) in [7, 11) is 0. The largest absolute Gasteiger partial charge is 0.486 e. The lowest BCUT2D eigenvalue weighted by Gasteiger charge is -2.29. The number of rotatable bonds is 6. The van der Waals surface area contributed by atoms with Gasteiger partial charge in [0.1, 0.15) is 13.2 Å². The van der Waals surface area contributed by atoms with Gasteiger partial charge in [0, 0.05) is 47.9 Å². The molecule has 3 aromatic rings. The van der Waals surface area contributed by atoms with Gasteiger partial charge in [-0.25, -0.2) is 4.79 Å². The normalized spacial score (nSPS) is 15.8. The van der Waals surface area contributed by atoms with Gasteiger partial charge in [-0.1, -0.05) is 25.1 Å². The second-order valence-electron chi connectivity index (χ2n) is 8.85. The molecule has 0 bridgehead atoms. The number of amides is 1. The minimum atomic E-state index is -0.992. The number of para-hydroxylation sites is 1. The molecule has 0 spiro atoms. The Hall–Kier alpha value is -3.65. The number of nitrogens with one attached hydrogen (secondary N) is 1. The quantitative estimate of drug-likeness (QED) is 0.540. The number of esters is 1. The summed E-state index contributed by atoms with van der Waals surface area (Å²) in [6.07, 6.45) is 0.821. The first-order chi connectivity index (χ1) is 17.0. The number of carbonyl (C=O) groups is 2. The van der Waals surface area contributed by atoms with Crippen LogP contribution in [-0.2, 0) is 22.5 Å². The zero-order chi connectivity index (χ0) is 24.4. The SMILES string of the molecule is CCCN1CCc2nc3ccccc3c(C(=O)OC(C)C(=O)Nc3ccc4c(c3)OCCO4)c2C1. The molecule has 1 aromatic heterocycles. The lowest BCUT2D eigenvalue weighted by molar-refractivity contribution is -0.123. The molecule has 1 amide bonds. The van der Waals surface area contributed by atoms with Crippen LogP contribution in [0, 0.1) is 0 Å². The highest BCUT2D eigenvalue weighted by molar-refractivity contribution is 6.06. The van der Waals surface area contributed by atoms with Gasteiger partial charge in [0.05, 0.1) is 11.1 Å². The lowest BCUT2D eigenvalue weighted by atomic mass is 9.95. The summed E-state index contributed by atoms with van der Waals surface area (Å²) in [6, 6.07) is 12.8. The van der Waals surface area contributed by atoms with E-state index in [1.807, 2.05) is 24.3 Å². The van der Waals surface area contributed by atoms with Crippen molar-refractivity contribution in [1.29, 1.82) is 0 Å². The van der Waals surface area contributed by atoms with Gasteiger partial charge in [-0.15, -0.1) is 0 Å². The summed E-state index contributed by atoms with van der Waals surface area (Å²) in [6.45, 7) is 7.18. The van der Waals surface area contributed by atoms with Crippen molar-refractivity contribution in [2.75, 3.05) is 31.6 Å². The fourth-order valence-electron chi connectivity index (χ4n) is 4.62. The van der Waals surface area contributed by atoms with Gasteiger partial charge in [0.25, 0.3) is 5.91 Å². The predicted molar refractivity (Wildman–Crippen MR) is 132 cm³/mol. The van der Waals surface area contributed by atoms with Gasteiger partial charge in [-0.05, 0) is 38.1 Å². The first-order valence-electron chi connectivity index (χ1n) is 12.1. The minimum absolute atomic E-state index is 0.421. The molecule has 8 nitrogen and oxygen atoms in total. The van der Waals surface area contributed by atoms with Gasteiger partial charge < -0.3 is 19.5 Å². The van der Waals surface area contributed by atoms with Crippen molar-refractivity contribution in [2.24, 2.45) is 0 Å². The first kappa shape index (κ1) is 23.1. The molecule has 1 N–H and O–H groups in total. The molecular formula is C27H29N3O5. The second-order valence-corrected chi connectivity index (χ2v) is 8.85. The number of fused-ring (bicyclic) bond motifs is 3. The van der Waals surface area contributed by atoms with Crippen molar-refractivity contribution >= 4 is 28.5 Å². The van der Waals surface area contributed by atoms with Crippen molar-refractivity contribution in [1.82, 2.24) is 9.88 Å². The molecule has 182 valence electrons. The summed E-state index contributed by atoms with van der Waals surface area (Å²) in [5, 5.41) is 3.54. The summed E-state index contributed by atoms with van der Waals surface area (Å²) < 4.78 is 16.8. The highest BCUT2D eigenvalue weighted by atomic mass is 16.6. The molecule has 35 heavy (non-hydrogen) atoms. The lowest BCUT2D eigenvalue weighted by Crippen LogP contribution is -2.34. The van der Waals surface area contributed by atoms with Crippen molar-refractivity contribution in [3.63, 3.8) is 0 Å². The van der Waals surface area contributed by atoms with E-state index in [0.29, 0.717) is 42.5 Å². The van der Waals surface area contributed by atoms with Crippen LogP contribution in [0.25, 0.3) is 10.9 Å². The number of ether oxygens (including phenoxy) is 3. The monoisotopic (exact) mass is 475 g/mol. The molecule has 0 fully saturated rings. The van der Waals surface area contributed by atoms with E-state index < -0.39 is 18.0 Å². The van der Waals surface area contributed by atoms with Crippen LogP contribution >= 0.6 is 0 Å². The Morgan fingerprint density at radius 3 is 2.77 bits per heavy atom. The maximum absolute atomic E-state index is 13.5. The summed E-state index contributed by atoms with van der Waals surface area (Å²) >= 11 is 0. The Bertz CT molecular complexity index is 1280. The zero-order valence-corrected chi connectivity index (χ0v) is 20.0. The second kappa shape index (κ2) is 9.92. The molecule has 1 atom stereocenters. The summed E-state index contributed by atoms with van der Waals surface area (Å²) in [4.78, 5) is 33.5. The molecule has 5 rings (SSSR count). The zero-order valence-electron chi connectivity index (χ0n) is 20.0. The van der Waals surface area contributed by atoms with Crippen LogP contribution in [0.5, 0.6) is 11.5 Å². The van der Waals surface area contributed by atoms with E-state index in [1.165, 1.54) is 0 Å². The average Bonchev–Trinajstić information content (AvgIpc) is 2.87. The Morgan fingerprint density at radius 1 is 1.14 bits per heavy atom. The molecule has 0 saturated heterocycles. The van der Waals surface area contributed by atoms with Gasteiger partial charge in [0.2, 0.25) is 0 Å². The molecular weight excluding hydrogens is 446 g/mol. The molecule has 1 unspecified atom stereocenters. The van der Waals surface area contributed by atoms with Crippen LogP contribution in [0.15, 0.2) is 42.5 Å². The molecule has 2 aliphatic heterocycles. The molecule has 0 radical (unpaired) electrons. The highest BCUT2D eigenvalue weighted by Crippen LogP contribution is 2.33. The van der Waals surface area contributed by atoms with Gasteiger partial charge >= 0.3 is 5.97 Å². The summed E-state index contributed by atoms with van der Waals surface area (Å²) in [5.74, 6) is 0.281. The molecule has 2 aliphatic rings. The van der Waals surface area contributed by atoms with Crippen molar-refractivity contribution in [3.05, 3.63) is 59.3 Å². The number of benzene rings is 2. The standard InChI is InChI=1S/C27H29N3O5/c1-3-11-30-12-10-22-20(16-30)25(19-6-4-5-7-21(19)29-22)27(32)35-17(2)26(31)28-18-8-9-23-24(15-18)34-14-13-33-23/h4-9,15,17H,3,10-14,16H2,1-2H3,(H,28,31). The third-order valence-corrected chi connectivity index (χ3v) is 6.33. The van der Waals surface area contributed by atoms with Crippen LogP contribution in [0.4, 0.5) is 5.69 Å². The Morgan fingerprint density at radius 2 is 1.94 bits per heavy atom. The Balaban J connectivity index is 1.37. The molecule has 0 saturated carbocycles. The third kappa shape index (κ3) is 4.79.